The second-order valence-electron chi connectivity index (χ2n) is 10.3. The third-order valence-corrected chi connectivity index (χ3v) is 7.77. The van der Waals surface area contributed by atoms with Gasteiger partial charge in [0.2, 0.25) is 0 Å². The van der Waals surface area contributed by atoms with E-state index in [-0.39, 0.29) is 30.8 Å². The number of nitrogens with one attached hydrogen (secondary N) is 2. The summed E-state index contributed by atoms with van der Waals surface area (Å²) >= 11 is 0. The number of hydrogen-bond acceptors (Lipinski definition) is 7. The molecular weight excluding hydrogens is 486 g/mol. The van der Waals surface area contributed by atoms with Gasteiger partial charge in [0.15, 0.2) is 12.1 Å². The molecule has 3 aliphatic rings. The first kappa shape index (κ1) is 27.1. The number of anilines is 1. The van der Waals surface area contributed by atoms with Gasteiger partial charge >= 0.3 is 6.03 Å². The van der Waals surface area contributed by atoms with Gasteiger partial charge in [-0.05, 0) is 30.2 Å². The van der Waals surface area contributed by atoms with Crippen LogP contribution in [0.15, 0.2) is 48.5 Å². The smallest absolute Gasteiger partial charge is 0.319 e. The summed E-state index contributed by atoms with van der Waals surface area (Å²) in [6.45, 7) is 8.57. The van der Waals surface area contributed by atoms with E-state index in [2.05, 4.69) is 22.5 Å². The van der Waals surface area contributed by atoms with Gasteiger partial charge in [-0.1, -0.05) is 43.3 Å². The Morgan fingerprint density at radius 2 is 1.66 bits per heavy atom. The Labute approximate surface area is 224 Å². The van der Waals surface area contributed by atoms with Crippen LogP contribution >= 0.6 is 0 Å². The van der Waals surface area contributed by atoms with E-state index in [0.717, 1.165) is 49.2 Å². The minimum atomic E-state index is -0.546. The first-order valence-corrected chi connectivity index (χ1v) is 13.6. The van der Waals surface area contributed by atoms with Gasteiger partial charge < -0.3 is 39.6 Å². The molecule has 0 bridgehead atoms. The summed E-state index contributed by atoms with van der Waals surface area (Å²) in [6.07, 6.45) is 0.955. The molecule has 3 N–H and O–H groups in total. The zero-order valence-corrected chi connectivity index (χ0v) is 22.2. The van der Waals surface area contributed by atoms with E-state index in [1.807, 2.05) is 55.5 Å². The maximum atomic E-state index is 11.9. The molecule has 3 fully saturated rings. The zero-order valence-electron chi connectivity index (χ0n) is 22.2. The first-order valence-electron chi connectivity index (χ1n) is 13.6. The molecule has 0 radical (unpaired) electrons. The summed E-state index contributed by atoms with van der Waals surface area (Å²) in [5.74, 6) is -0.290. The minimum absolute atomic E-state index is 0.0102. The molecule has 2 aromatic rings. The Morgan fingerprint density at radius 3 is 2.29 bits per heavy atom. The van der Waals surface area contributed by atoms with Crippen LogP contribution in [0.2, 0.25) is 0 Å². The van der Waals surface area contributed by atoms with E-state index in [1.54, 1.807) is 0 Å². The van der Waals surface area contributed by atoms with Gasteiger partial charge in [-0.15, -0.1) is 0 Å². The molecule has 3 saturated heterocycles. The molecule has 0 saturated carbocycles. The quantitative estimate of drug-likeness (QED) is 0.503. The number of hydrogen-bond donors (Lipinski definition) is 3. The van der Waals surface area contributed by atoms with Crippen LogP contribution in [-0.2, 0) is 25.6 Å². The fourth-order valence-electron chi connectivity index (χ4n) is 5.50. The number of carbonyl (C=O) groups excluding carboxylic acids is 1. The van der Waals surface area contributed by atoms with Crippen LogP contribution in [0.5, 0.6) is 0 Å². The summed E-state index contributed by atoms with van der Waals surface area (Å²) in [5, 5.41) is 15.0. The number of piperidine rings is 1. The second kappa shape index (κ2) is 12.1. The Kier molecular flexibility index (Phi) is 8.62. The average molecular weight is 526 g/mol. The molecule has 2 amide bonds. The molecule has 4 atom stereocenters. The molecule has 4 unspecified atom stereocenters. The number of nitrogens with zero attached hydrogens (tertiary/aromatic N) is 1. The molecule has 38 heavy (non-hydrogen) atoms. The summed E-state index contributed by atoms with van der Waals surface area (Å²) < 4.78 is 25.0. The Hall–Kier alpha value is -2.53. The van der Waals surface area contributed by atoms with Gasteiger partial charge in [-0.3, -0.25) is 0 Å². The molecule has 9 nitrogen and oxygen atoms in total. The lowest BCUT2D eigenvalue weighted by molar-refractivity contribution is -0.278. The lowest BCUT2D eigenvalue weighted by Gasteiger charge is -2.44. The van der Waals surface area contributed by atoms with Gasteiger partial charge in [0.1, 0.15) is 0 Å². The predicted octanol–water partition coefficient (Wildman–Crippen LogP) is 3.95. The van der Waals surface area contributed by atoms with E-state index in [9.17, 15) is 9.90 Å². The molecule has 2 aromatic carbocycles. The van der Waals surface area contributed by atoms with Crippen LogP contribution in [0.1, 0.15) is 55.8 Å². The number of ether oxygens (including phenoxy) is 4. The highest BCUT2D eigenvalue weighted by molar-refractivity contribution is 5.89. The van der Waals surface area contributed by atoms with Crippen molar-refractivity contribution in [1.82, 2.24) is 10.2 Å². The van der Waals surface area contributed by atoms with Crippen LogP contribution in [0.3, 0.4) is 0 Å². The van der Waals surface area contributed by atoms with Gasteiger partial charge in [0.25, 0.3) is 0 Å². The van der Waals surface area contributed by atoms with Crippen LogP contribution in [0.25, 0.3) is 0 Å². The van der Waals surface area contributed by atoms with Gasteiger partial charge in [0.05, 0.1) is 32.0 Å². The van der Waals surface area contributed by atoms with E-state index in [4.69, 9.17) is 18.9 Å². The van der Waals surface area contributed by atoms with Crippen LogP contribution in [0, 0.1) is 5.92 Å². The largest absolute Gasteiger partial charge is 0.392 e. The number of aliphatic hydroxyl groups is 1. The highest BCUT2D eigenvalue weighted by Gasteiger charge is 2.43. The standard InChI is InChI=1S/C29H39N3O6/c1-3-30-28(34)31-24-10-8-23(9-11-24)27-37-25(18-32-14-12-29(13-15-32)35-16-17-36-29)20(2)26(38-27)22-6-4-21(19-33)5-7-22/h4-11,20,25-27,33H,3,12-19H2,1-2H3,(H2,30,31,34). The van der Waals surface area contributed by atoms with E-state index in [0.29, 0.717) is 25.4 Å². The monoisotopic (exact) mass is 525 g/mol. The van der Waals surface area contributed by atoms with E-state index >= 15 is 0 Å². The second-order valence-corrected chi connectivity index (χ2v) is 10.3. The number of urea groups is 1. The molecule has 3 heterocycles. The Bertz CT molecular complexity index is 1050. The summed E-state index contributed by atoms with van der Waals surface area (Å²) in [5.41, 5.74) is 3.53. The van der Waals surface area contributed by atoms with E-state index < -0.39 is 12.1 Å². The van der Waals surface area contributed by atoms with Crippen LogP contribution in [0.4, 0.5) is 10.5 Å². The van der Waals surface area contributed by atoms with Crippen molar-refractivity contribution in [3.8, 4) is 0 Å². The highest BCUT2D eigenvalue weighted by Crippen LogP contribution is 2.42. The Balaban J connectivity index is 1.32. The third kappa shape index (κ3) is 6.20. The molecule has 3 aliphatic heterocycles. The van der Waals surface area contributed by atoms with E-state index in [1.165, 1.54) is 0 Å². The van der Waals surface area contributed by atoms with Crippen LogP contribution in [-0.4, -0.2) is 67.3 Å². The van der Waals surface area contributed by atoms with Crippen molar-refractivity contribution >= 4 is 11.7 Å². The maximum absolute atomic E-state index is 11.9. The van der Waals surface area contributed by atoms with Gasteiger partial charge in [-0.25, -0.2) is 4.79 Å². The molecule has 206 valence electrons. The molecule has 1 spiro atoms. The minimum Gasteiger partial charge on any atom is -0.392 e. The normalized spacial score (nSPS) is 27.3. The molecular formula is C29H39N3O6. The number of carbonyl (C=O) groups is 1. The number of aliphatic hydroxyl groups excluding tert-OH is 1. The molecule has 0 aliphatic carbocycles. The van der Waals surface area contributed by atoms with Crippen molar-refractivity contribution in [2.45, 2.75) is 57.6 Å². The van der Waals surface area contributed by atoms with Crippen molar-refractivity contribution < 1.29 is 28.8 Å². The van der Waals surface area contributed by atoms with Crippen molar-refractivity contribution in [2.24, 2.45) is 5.92 Å². The number of likely N-dealkylation sites (tertiary alicyclic amines) is 1. The van der Waals surface area contributed by atoms with Crippen molar-refractivity contribution in [3.05, 3.63) is 65.2 Å². The predicted molar refractivity (Wildman–Crippen MR) is 142 cm³/mol. The lowest BCUT2D eigenvalue weighted by atomic mass is 9.89. The molecule has 5 rings (SSSR count). The lowest BCUT2D eigenvalue weighted by Crippen LogP contribution is -2.50. The fourth-order valence-corrected chi connectivity index (χ4v) is 5.50. The topological polar surface area (TPSA) is 102 Å². The fraction of sp³-hybridized carbons (Fsp3) is 0.552. The zero-order chi connectivity index (χ0) is 26.5. The van der Waals surface area contributed by atoms with Gasteiger partial charge in [0, 0.05) is 56.2 Å². The van der Waals surface area contributed by atoms with Crippen molar-refractivity contribution in [1.29, 1.82) is 0 Å². The number of amides is 2. The summed E-state index contributed by atoms with van der Waals surface area (Å²) in [6, 6.07) is 15.3. The van der Waals surface area contributed by atoms with Gasteiger partial charge in [-0.2, -0.15) is 0 Å². The molecule has 9 heteroatoms. The summed E-state index contributed by atoms with van der Waals surface area (Å²) in [7, 11) is 0. The number of benzene rings is 2. The third-order valence-electron chi connectivity index (χ3n) is 7.77. The maximum Gasteiger partial charge on any atom is 0.319 e. The van der Waals surface area contributed by atoms with Crippen molar-refractivity contribution in [3.63, 3.8) is 0 Å². The number of rotatable bonds is 7. The summed E-state index contributed by atoms with van der Waals surface area (Å²) in [4.78, 5) is 14.3. The van der Waals surface area contributed by atoms with Crippen LogP contribution < -0.4 is 10.6 Å². The first-order chi connectivity index (χ1) is 18.5. The highest BCUT2D eigenvalue weighted by atomic mass is 16.7. The SMILES string of the molecule is CCNC(=O)Nc1ccc(C2OC(CN3CCC4(CC3)OCCO4)C(C)C(c3ccc(CO)cc3)O2)cc1. The Morgan fingerprint density at radius 1 is 1.00 bits per heavy atom. The molecule has 0 aromatic heterocycles. The van der Waals surface area contributed by atoms with Crippen molar-refractivity contribution in [2.75, 3.05) is 44.7 Å². The average Bonchev–Trinajstić information content (AvgIpc) is 3.40.